The highest BCUT2D eigenvalue weighted by molar-refractivity contribution is 4.83. The van der Waals surface area contributed by atoms with Crippen LogP contribution in [0.25, 0.3) is 0 Å². The number of ether oxygens (including phenoxy) is 1. The molecule has 0 radical (unpaired) electrons. The van der Waals surface area contributed by atoms with Crippen molar-refractivity contribution in [2.45, 2.75) is 39.2 Å². The summed E-state index contributed by atoms with van der Waals surface area (Å²) in [5.41, 5.74) is 0. The molecule has 0 aliphatic carbocycles. The van der Waals surface area contributed by atoms with E-state index in [0.717, 1.165) is 19.3 Å². The Balaban J connectivity index is 3.33. The van der Waals surface area contributed by atoms with E-state index in [1.807, 2.05) is 6.92 Å². The maximum absolute atomic E-state index is 8.51. The predicted molar refractivity (Wildman–Crippen MR) is 40.6 cm³/mol. The molecule has 0 bridgehead atoms. The molecular weight excluding hydrogens is 126 g/mol. The molecule has 0 heterocycles. The lowest BCUT2D eigenvalue weighted by Gasteiger charge is -2.06. The Bertz CT molecular complexity index is 106. The lowest BCUT2D eigenvalue weighted by Crippen LogP contribution is -2.10. The van der Waals surface area contributed by atoms with Gasteiger partial charge in [-0.2, -0.15) is 5.26 Å². The second kappa shape index (κ2) is 6.57. The molecular formula is C8H15NO. The summed E-state index contributed by atoms with van der Waals surface area (Å²) in [6.45, 7) is 4.80. The average Bonchev–Trinajstić information content (AvgIpc) is 1.98. The first-order valence-electron chi connectivity index (χ1n) is 3.86. The van der Waals surface area contributed by atoms with Crippen molar-refractivity contribution >= 4 is 0 Å². The quantitative estimate of drug-likeness (QED) is 0.587. The van der Waals surface area contributed by atoms with Crippen LogP contribution in [0.1, 0.15) is 33.1 Å². The number of nitriles is 1. The fourth-order valence-electron chi connectivity index (χ4n) is 0.707. The number of nitrogens with zero attached hydrogens (tertiary/aromatic N) is 1. The van der Waals surface area contributed by atoms with Gasteiger partial charge in [0, 0.05) is 6.61 Å². The smallest absolute Gasteiger partial charge is 0.143 e. The summed E-state index contributed by atoms with van der Waals surface area (Å²) in [6.07, 6.45) is 2.69. The van der Waals surface area contributed by atoms with Crippen molar-refractivity contribution in [2.24, 2.45) is 0 Å². The van der Waals surface area contributed by atoms with Gasteiger partial charge in [0.2, 0.25) is 0 Å². The van der Waals surface area contributed by atoms with Crippen LogP contribution >= 0.6 is 0 Å². The van der Waals surface area contributed by atoms with E-state index in [0.29, 0.717) is 6.61 Å². The van der Waals surface area contributed by atoms with E-state index in [-0.39, 0.29) is 6.10 Å². The molecule has 2 heteroatoms. The zero-order valence-electron chi connectivity index (χ0n) is 6.76. The Morgan fingerprint density at radius 3 is 2.50 bits per heavy atom. The summed E-state index contributed by atoms with van der Waals surface area (Å²) in [7, 11) is 0. The molecule has 0 aromatic carbocycles. The summed E-state index contributed by atoms with van der Waals surface area (Å²) in [6, 6.07) is 2.12. The van der Waals surface area contributed by atoms with Crippen LogP contribution in [0.2, 0.25) is 0 Å². The molecule has 0 aliphatic heterocycles. The van der Waals surface area contributed by atoms with Crippen molar-refractivity contribution in [3.05, 3.63) is 0 Å². The number of rotatable bonds is 5. The van der Waals surface area contributed by atoms with E-state index < -0.39 is 0 Å². The Hall–Kier alpha value is -0.550. The summed E-state index contributed by atoms with van der Waals surface area (Å²) in [5, 5.41) is 8.51. The fourth-order valence-corrected chi connectivity index (χ4v) is 0.707. The molecule has 0 fully saturated rings. The Morgan fingerprint density at radius 2 is 2.10 bits per heavy atom. The zero-order chi connectivity index (χ0) is 7.82. The lowest BCUT2D eigenvalue weighted by atomic mass is 10.2. The van der Waals surface area contributed by atoms with E-state index >= 15 is 0 Å². The van der Waals surface area contributed by atoms with Gasteiger partial charge < -0.3 is 4.74 Å². The zero-order valence-corrected chi connectivity index (χ0v) is 6.76. The van der Waals surface area contributed by atoms with E-state index in [9.17, 15) is 0 Å². The van der Waals surface area contributed by atoms with E-state index in [4.69, 9.17) is 10.00 Å². The number of hydrogen-bond acceptors (Lipinski definition) is 2. The van der Waals surface area contributed by atoms with E-state index in [1.54, 1.807) is 0 Å². The highest BCUT2D eigenvalue weighted by atomic mass is 16.5. The van der Waals surface area contributed by atoms with Gasteiger partial charge >= 0.3 is 0 Å². The molecule has 0 rings (SSSR count). The van der Waals surface area contributed by atoms with Gasteiger partial charge in [-0.05, 0) is 12.8 Å². The molecule has 0 saturated heterocycles. The van der Waals surface area contributed by atoms with Gasteiger partial charge in [0.25, 0.3) is 0 Å². The molecule has 0 spiro atoms. The molecule has 0 N–H and O–H groups in total. The highest BCUT2D eigenvalue weighted by Crippen LogP contribution is 2.00. The van der Waals surface area contributed by atoms with Crippen LogP contribution < -0.4 is 0 Å². The maximum atomic E-state index is 8.51. The van der Waals surface area contributed by atoms with Crippen molar-refractivity contribution in [2.75, 3.05) is 6.61 Å². The Kier molecular flexibility index (Phi) is 6.21. The molecule has 0 aromatic rings. The van der Waals surface area contributed by atoms with Crippen LogP contribution in [0.3, 0.4) is 0 Å². The van der Waals surface area contributed by atoms with Gasteiger partial charge in [-0.3, -0.25) is 0 Å². The fraction of sp³-hybridized carbons (Fsp3) is 0.875. The first-order chi connectivity index (χ1) is 4.85. The second-order valence-corrected chi connectivity index (χ2v) is 2.28. The normalized spacial score (nSPS) is 12.5. The van der Waals surface area contributed by atoms with Crippen molar-refractivity contribution < 1.29 is 4.74 Å². The van der Waals surface area contributed by atoms with Crippen LogP contribution in [0.4, 0.5) is 0 Å². The first kappa shape index (κ1) is 9.45. The standard InChI is InChI=1S/C8H15NO/c1-3-5-8(7-9)10-6-4-2/h8H,3-6H2,1-2H3. The van der Waals surface area contributed by atoms with Crippen LogP contribution in [0.15, 0.2) is 0 Å². The molecule has 0 amide bonds. The largest absolute Gasteiger partial charge is 0.363 e. The van der Waals surface area contributed by atoms with Crippen LogP contribution in [0, 0.1) is 11.3 Å². The second-order valence-electron chi connectivity index (χ2n) is 2.28. The average molecular weight is 141 g/mol. The molecule has 0 saturated carbocycles. The van der Waals surface area contributed by atoms with Crippen LogP contribution in [-0.4, -0.2) is 12.7 Å². The topological polar surface area (TPSA) is 33.0 Å². The minimum Gasteiger partial charge on any atom is -0.363 e. The number of hydrogen-bond donors (Lipinski definition) is 0. The summed E-state index contributed by atoms with van der Waals surface area (Å²) < 4.78 is 5.22. The van der Waals surface area contributed by atoms with Gasteiger partial charge in [-0.1, -0.05) is 20.3 Å². The summed E-state index contributed by atoms with van der Waals surface area (Å²) in [4.78, 5) is 0. The minimum absolute atomic E-state index is 0.176. The molecule has 2 nitrogen and oxygen atoms in total. The van der Waals surface area contributed by atoms with Crippen LogP contribution in [0.5, 0.6) is 0 Å². The third-order valence-electron chi connectivity index (χ3n) is 1.22. The highest BCUT2D eigenvalue weighted by Gasteiger charge is 2.03. The van der Waals surface area contributed by atoms with Crippen molar-refractivity contribution in [1.82, 2.24) is 0 Å². The predicted octanol–water partition coefficient (Wildman–Crippen LogP) is 2.11. The lowest BCUT2D eigenvalue weighted by molar-refractivity contribution is 0.0844. The molecule has 58 valence electrons. The van der Waals surface area contributed by atoms with E-state index in [1.165, 1.54) is 0 Å². The minimum atomic E-state index is -0.176. The molecule has 0 aliphatic rings. The van der Waals surface area contributed by atoms with Gasteiger partial charge in [0.05, 0.1) is 6.07 Å². The summed E-state index contributed by atoms with van der Waals surface area (Å²) >= 11 is 0. The maximum Gasteiger partial charge on any atom is 0.143 e. The van der Waals surface area contributed by atoms with Gasteiger partial charge in [0.1, 0.15) is 6.10 Å². The molecule has 10 heavy (non-hydrogen) atoms. The van der Waals surface area contributed by atoms with Gasteiger partial charge in [-0.25, -0.2) is 0 Å². The third-order valence-corrected chi connectivity index (χ3v) is 1.22. The first-order valence-corrected chi connectivity index (χ1v) is 3.86. The van der Waals surface area contributed by atoms with Crippen molar-refractivity contribution in [1.29, 1.82) is 5.26 Å². The molecule has 1 unspecified atom stereocenters. The van der Waals surface area contributed by atoms with Gasteiger partial charge in [-0.15, -0.1) is 0 Å². The molecule has 0 aromatic heterocycles. The SMILES string of the molecule is CCCOC(C#N)CCC. The van der Waals surface area contributed by atoms with Crippen molar-refractivity contribution in [3.63, 3.8) is 0 Å². The van der Waals surface area contributed by atoms with Crippen molar-refractivity contribution in [3.8, 4) is 6.07 Å². The van der Waals surface area contributed by atoms with Gasteiger partial charge in [0.15, 0.2) is 0 Å². The monoisotopic (exact) mass is 141 g/mol. The van der Waals surface area contributed by atoms with Crippen LogP contribution in [-0.2, 0) is 4.74 Å². The Morgan fingerprint density at radius 1 is 1.40 bits per heavy atom. The van der Waals surface area contributed by atoms with E-state index in [2.05, 4.69) is 13.0 Å². The Labute approximate surface area is 62.8 Å². The third kappa shape index (κ3) is 4.34. The summed E-state index contributed by atoms with van der Waals surface area (Å²) in [5.74, 6) is 0. The molecule has 1 atom stereocenters.